The molecule has 0 unspecified atom stereocenters. The van der Waals surface area contributed by atoms with Gasteiger partial charge in [-0.1, -0.05) is 48.7 Å². The van der Waals surface area contributed by atoms with Crippen LogP contribution in [-0.4, -0.2) is 13.3 Å². The van der Waals surface area contributed by atoms with Crippen LogP contribution in [0.2, 0.25) is 0 Å². The van der Waals surface area contributed by atoms with E-state index in [2.05, 4.69) is 30.6 Å². The molecule has 0 heterocycles. The largest absolute Gasteiger partial charge is 0.387 e. The lowest BCUT2D eigenvalue weighted by molar-refractivity contribution is -0.104. The van der Waals surface area contributed by atoms with Crippen molar-refractivity contribution in [2.75, 3.05) is 7.05 Å². The summed E-state index contributed by atoms with van der Waals surface area (Å²) in [6.07, 6.45) is 9.66. The topological polar surface area (TPSA) is 29.1 Å². The minimum absolute atomic E-state index is 0.680. The van der Waals surface area contributed by atoms with E-state index in [1.165, 1.54) is 11.8 Å². The Labute approximate surface area is 119 Å². The van der Waals surface area contributed by atoms with Crippen LogP contribution in [-0.2, 0) is 4.79 Å². The molecule has 0 fully saturated rings. The summed E-state index contributed by atoms with van der Waals surface area (Å²) in [4.78, 5) is 12.1. The van der Waals surface area contributed by atoms with Crippen LogP contribution in [0.1, 0.15) is 13.3 Å². The van der Waals surface area contributed by atoms with Crippen LogP contribution in [0.25, 0.3) is 0 Å². The van der Waals surface area contributed by atoms with E-state index in [1.807, 2.05) is 26.1 Å². The summed E-state index contributed by atoms with van der Waals surface area (Å²) in [6, 6.07) is 0. The molecule has 0 aromatic heterocycles. The van der Waals surface area contributed by atoms with Crippen molar-refractivity contribution in [1.29, 1.82) is 0 Å². The molecule has 0 bridgehead atoms. The van der Waals surface area contributed by atoms with Crippen molar-refractivity contribution < 1.29 is 4.79 Å². The van der Waals surface area contributed by atoms with Crippen LogP contribution in [0.15, 0.2) is 70.2 Å². The molecule has 1 aliphatic rings. The molecule has 0 aliphatic heterocycles. The molecule has 1 aliphatic carbocycles. The van der Waals surface area contributed by atoms with Crippen LogP contribution in [0, 0.1) is 0 Å². The van der Waals surface area contributed by atoms with Crippen LogP contribution in [0.3, 0.4) is 0 Å². The fourth-order valence-corrected chi connectivity index (χ4v) is 2.26. The Balaban J connectivity index is 3.13. The molecule has 0 radical (unpaired) electrons. The highest BCUT2D eigenvalue weighted by Gasteiger charge is 2.07. The maximum absolute atomic E-state index is 11.3. The molecule has 0 saturated carbocycles. The van der Waals surface area contributed by atoms with E-state index >= 15 is 0 Å². The molecule has 0 aromatic rings. The monoisotopic (exact) mass is 273 g/mol. The van der Waals surface area contributed by atoms with Gasteiger partial charge in [-0.25, -0.2) is 0 Å². The van der Waals surface area contributed by atoms with Crippen molar-refractivity contribution in [3.05, 3.63) is 70.2 Å². The molecule has 0 amide bonds. The normalized spacial score (nSPS) is 17.6. The average molecular weight is 273 g/mol. The summed E-state index contributed by atoms with van der Waals surface area (Å²) >= 11 is 1.43. The molecule has 0 spiro atoms. The second-order valence-corrected chi connectivity index (χ2v) is 5.17. The lowest BCUT2D eigenvalue weighted by Gasteiger charge is -2.11. The lowest BCUT2D eigenvalue weighted by Crippen LogP contribution is -2.07. The second kappa shape index (κ2) is 7.64. The molecule has 0 atom stereocenters. The predicted molar refractivity (Wildman–Crippen MR) is 84.7 cm³/mol. The van der Waals surface area contributed by atoms with Crippen LogP contribution in [0.5, 0.6) is 0 Å². The first-order chi connectivity index (χ1) is 9.12. The minimum atomic E-state index is 0.680. The molecule has 100 valence electrons. The van der Waals surface area contributed by atoms with Gasteiger partial charge >= 0.3 is 0 Å². The number of carbonyl (C=O) groups excluding carboxylic acids is 1. The van der Waals surface area contributed by atoms with Crippen LogP contribution in [0.4, 0.5) is 0 Å². The first-order valence-corrected chi connectivity index (χ1v) is 6.89. The van der Waals surface area contributed by atoms with Gasteiger partial charge in [0.25, 0.3) is 0 Å². The van der Waals surface area contributed by atoms with Gasteiger partial charge in [0, 0.05) is 23.2 Å². The van der Waals surface area contributed by atoms with E-state index in [9.17, 15) is 4.79 Å². The minimum Gasteiger partial charge on any atom is -0.387 e. The van der Waals surface area contributed by atoms with Gasteiger partial charge in [-0.05, 0) is 30.4 Å². The summed E-state index contributed by atoms with van der Waals surface area (Å²) in [5, 5.41) is 4.78. The van der Waals surface area contributed by atoms with E-state index in [0.717, 1.165) is 34.5 Å². The Morgan fingerprint density at radius 3 is 2.79 bits per heavy atom. The molecule has 2 nitrogen and oxygen atoms in total. The number of rotatable bonds is 6. The van der Waals surface area contributed by atoms with Gasteiger partial charge in [-0.2, -0.15) is 0 Å². The zero-order valence-corrected chi connectivity index (χ0v) is 12.2. The Hall–Kier alpha value is -1.74. The fourth-order valence-electron chi connectivity index (χ4n) is 1.77. The number of hydrogen-bond acceptors (Lipinski definition) is 3. The number of hydrogen-bond donors (Lipinski definition) is 1. The van der Waals surface area contributed by atoms with Crippen molar-refractivity contribution in [2.45, 2.75) is 13.3 Å². The second-order valence-electron chi connectivity index (χ2n) is 4.11. The fraction of sp³-hybridized carbons (Fsp3) is 0.188. The van der Waals surface area contributed by atoms with E-state index in [0.29, 0.717) is 5.57 Å². The molecule has 1 N–H and O–H groups in total. The molecule has 0 saturated heterocycles. The van der Waals surface area contributed by atoms with Gasteiger partial charge in [-0.3, -0.25) is 4.79 Å². The molecular formula is C16H19NOS. The zero-order valence-electron chi connectivity index (χ0n) is 11.4. The Bertz CT molecular complexity index is 507. The maximum atomic E-state index is 11.3. The smallest absolute Gasteiger partial charge is 0.150 e. The van der Waals surface area contributed by atoms with Crippen molar-refractivity contribution in [2.24, 2.45) is 0 Å². The molecule has 3 heteroatoms. The number of likely N-dealkylation sites (N-methyl/N-ethyl adjacent to an activating group) is 1. The number of carbonyl (C=O) groups is 1. The van der Waals surface area contributed by atoms with Crippen molar-refractivity contribution in [3.8, 4) is 0 Å². The van der Waals surface area contributed by atoms with Crippen LogP contribution < -0.4 is 5.32 Å². The maximum Gasteiger partial charge on any atom is 0.150 e. The summed E-state index contributed by atoms with van der Waals surface area (Å²) in [6.45, 7) is 9.64. The predicted octanol–water partition coefficient (Wildman–Crippen LogP) is 3.88. The van der Waals surface area contributed by atoms with Gasteiger partial charge in [0.2, 0.25) is 0 Å². The van der Waals surface area contributed by atoms with Gasteiger partial charge in [0.15, 0.2) is 0 Å². The molecule has 19 heavy (non-hydrogen) atoms. The zero-order chi connectivity index (χ0) is 14.3. The van der Waals surface area contributed by atoms with Gasteiger partial charge < -0.3 is 5.32 Å². The third kappa shape index (κ3) is 4.45. The number of allylic oxidation sites excluding steroid dienone is 7. The molecule has 1 rings (SSSR count). The van der Waals surface area contributed by atoms with Gasteiger partial charge in [0.05, 0.1) is 0 Å². The summed E-state index contributed by atoms with van der Waals surface area (Å²) in [5.74, 6) is 0. The third-order valence-corrected chi connectivity index (χ3v) is 3.38. The van der Waals surface area contributed by atoms with Crippen molar-refractivity contribution >= 4 is 18.0 Å². The first kappa shape index (κ1) is 15.3. The highest BCUT2D eigenvalue weighted by Crippen LogP contribution is 2.24. The lowest BCUT2D eigenvalue weighted by atomic mass is 9.98. The third-order valence-electron chi connectivity index (χ3n) is 2.71. The van der Waals surface area contributed by atoms with E-state index < -0.39 is 0 Å². The highest BCUT2D eigenvalue weighted by molar-refractivity contribution is 8.06. The summed E-state index contributed by atoms with van der Waals surface area (Å²) < 4.78 is 0. The quantitative estimate of drug-likeness (QED) is 0.452. The van der Waals surface area contributed by atoms with Crippen LogP contribution >= 0.6 is 11.8 Å². The van der Waals surface area contributed by atoms with E-state index in [-0.39, 0.29) is 0 Å². The molecular weight excluding hydrogens is 254 g/mol. The average Bonchev–Trinajstić information content (AvgIpc) is 2.40. The number of thioether (sulfide) groups is 1. The Morgan fingerprint density at radius 2 is 2.26 bits per heavy atom. The standard InChI is InChI=1S/C16H19NOS/c1-5-19-13(3)16(17-4)10-15(11-18)14-8-6-7-12(2)9-14/h5-7,9-11,17H,1,3,8H2,2,4H3/b15-14-,16-10-. The Kier molecular flexibility index (Phi) is 6.16. The van der Waals surface area contributed by atoms with Crippen molar-refractivity contribution in [3.63, 3.8) is 0 Å². The highest BCUT2D eigenvalue weighted by atomic mass is 32.2. The number of aldehydes is 1. The van der Waals surface area contributed by atoms with Crippen molar-refractivity contribution in [1.82, 2.24) is 5.32 Å². The summed E-state index contributed by atoms with van der Waals surface area (Å²) in [5.41, 5.74) is 3.69. The SMILES string of the molecule is C=CSC(=C)/C(=C/C(C=O)=C1/C=C(C)C=CC1)NC. The van der Waals surface area contributed by atoms with Gasteiger partial charge in [0.1, 0.15) is 6.29 Å². The van der Waals surface area contributed by atoms with E-state index in [4.69, 9.17) is 0 Å². The summed E-state index contributed by atoms with van der Waals surface area (Å²) in [7, 11) is 1.82. The molecule has 0 aromatic carbocycles. The van der Waals surface area contributed by atoms with E-state index in [1.54, 1.807) is 5.41 Å². The van der Waals surface area contributed by atoms with Gasteiger partial charge in [-0.15, -0.1) is 0 Å². The Morgan fingerprint density at radius 1 is 1.53 bits per heavy atom. The number of nitrogens with one attached hydrogen (secondary N) is 1. The first-order valence-electron chi connectivity index (χ1n) is 6.01.